The Morgan fingerprint density at radius 2 is 2.00 bits per heavy atom. The van der Waals surface area contributed by atoms with Gasteiger partial charge in [-0.2, -0.15) is 0 Å². The fourth-order valence-corrected chi connectivity index (χ4v) is 3.45. The Kier molecular flexibility index (Phi) is 4.32. The second kappa shape index (κ2) is 6.79. The number of amides is 1. The molecule has 2 heterocycles. The number of fused-ring (bicyclic) bond motifs is 2. The van der Waals surface area contributed by atoms with Crippen molar-refractivity contribution in [2.45, 2.75) is 13.5 Å². The Morgan fingerprint density at radius 1 is 1.19 bits per heavy atom. The highest BCUT2D eigenvalue weighted by Gasteiger charge is 2.25. The van der Waals surface area contributed by atoms with Gasteiger partial charge in [-0.25, -0.2) is 4.79 Å². The quantitative estimate of drug-likeness (QED) is 0.721. The van der Waals surface area contributed by atoms with Crippen molar-refractivity contribution in [2.24, 2.45) is 5.92 Å². The summed E-state index contributed by atoms with van der Waals surface area (Å²) in [6.45, 7) is 2.95. The van der Waals surface area contributed by atoms with Gasteiger partial charge in [0.05, 0.1) is 24.4 Å². The molecule has 1 aliphatic heterocycles. The van der Waals surface area contributed by atoms with Crippen LogP contribution in [0.5, 0.6) is 5.75 Å². The van der Waals surface area contributed by atoms with Crippen LogP contribution in [0.15, 0.2) is 57.7 Å². The normalized spacial score (nSPS) is 16.6. The summed E-state index contributed by atoms with van der Waals surface area (Å²) in [4.78, 5) is 26.5. The molecule has 0 bridgehead atoms. The number of para-hydroxylation sites is 2. The summed E-state index contributed by atoms with van der Waals surface area (Å²) >= 11 is 0. The predicted octanol–water partition coefficient (Wildman–Crippen LogP) is 3.40. The van der Waals surface area contributed by atoms with Gasteiger partial charge in [-0.3, -0.25) is 4.79 Å². The van der Waals surface area contributed by atoms with Crippen LogP contribution in [-0.2, 0) is 11.3 Å². The molecule has 6 heteroatoms. The van der Waals surface area contributed by atoms with Crippen molar-refractivity contribution in [3.8, 4) is 5.75 Å². The first-order valence-electron chi connectivity index (χ1n) is 8.81. The summed E-state index contributed by atoms with van der Waals surface area (Å²) in [5, 5.41) is 3.83. The van der Waals surface area contributed by atoms with E-state index in [0.717, 1.165) is 22.3 Å². The molecule has 4 rings (SSSR count). The van der Waals surface area contributed by atoms with Crippen LogP contribution in [0.25, 0.3) is 11.0 Å². The van der Waals surface area contributed by atoms with E-state index in [4.69, 9.17) is 9.15 Å². The average molecular weight is 364 g/mol. The monoisotopic (exact) mass is 364 g/mol. The lowest BCUT2D eigenvalue weighted by molar-refractivity contribution is -0.119. The minimum absolute atomic E-state index is 0.00730. The number of methoxy groups -OCH3 is 1. The van der Waals surface area contributed by atoms with Crippen molar-refractivity contribution in [3.05, 3.63) is 64.5 Å². The number of hydrogen-bond donors (Lipinski definition) is 1. The highest BCUT2D eigenvalue weighted by atomic mass is 16.5. The third-order valence-corrected chi connectivity index (χ3v) is 4.84. The van der Waals surface area contributed by atoms with E-state index in [1.165, 1.54) is 6.07 Å². The van der Waals surface area contributed by atoms with Gasteiger partial charge in [0.15, 0.2) is 0 Å². The van der Waals surface area contributed by atoms with Gasteiger partial charge in [0.2, 0.25) is 5.91 Å². The molecule has 138 valence electrons. The van der Waals surface area contributed by atoms with Gasteiger partial charge >= 0.3 is 5.63 Å². The van der Waals surface area contributed by atoms with Gasteiger partial charge < -0.3 is 19.4 Å². The van der Waals surface area contributed by atoms with Crippen LogP contribution >= 0.6 is 0 Å². The van der Waals surface area contributed by atoms with Gasteiger partial charge in [-0.15, -0.1) is 0 Å². The number of carbonyl (C=O) groups is 1. The molecule has 1 N–H and O–H groups in total. The molecule has 27 heavy (non-hydrogen) atoms. The highest BCUT2D eigenvalue weighted by molar-refractivity contribution is 5.97. The molecule has 3 aromatic rings. The lowest BCUT2D eigenvalue weighted by Gasteiger charge is -2.26. The first-order chi connectivity index (χ1) is 13.0. The maximum Gasteiger partial charge on any atom is 0.336 e. The molecule has 0 spiro atoms. The maximum absolute atomic E-state index is 12.3. The van der Waals surface area contributed by atoms with E-state index in [0.29, 0.717) is 24.4 Å². The van der Waals surface area contributed by atoms with Gasteiger partial charge in [-0.1, -0.05) is 19.1 Å². The molecule has 0 fully saturated rings. The van der Waals surface area contributed by atoms with Crippen LogP contribution in [-0.4, -0.2) is 19.6 Å². The Hall–Kier alpha value is -3.28. The first-order valence-corrected chi connectivity index (χ1v) is 8.81. The summed E-state index contributed by atoms with van der Waals surface area (Å²) < 4.78 is 10.6. The van der Waals surface area contributed by atoms with Crippen molar-refractivity contribution in [2.75, 3.05) is 23.9 Å². The lowest BCUT2D eigenvalue weighted by atomic mass is 10.1. The molecule has 0 saturated carbocycles. The lowest BCUT2D eigenvalue weighted by Crippen LogP contribution is -2.30. The molecule has 0 unspecified atom stereocenters. The van der Waals surface area contributed by atoms with Gasteiger partial charge in [0, 0.05) is 30.6 Å². The van der Waals surface area contributed by atoms with Crippen molar-refractivity contribution in [3.63, 3.8) is 0 Å². The van der Waals surface area contributed by atoms with E-state index >= 15 is 0 Å². The molecule has 1 aliphatic rings. The van der Waals surface area contributed by atoms with Crippen LogP contribution < -0.4 is 20.6 Å². The molecule has 0 saturated heterocycles. The summed E-state index contributed by atoms with van der Waals surface area (Å²) in [7, 11) is 1.57. The van der Waals surface area contributed by atoms with Crippen molar-refractivity contribution < 1.29 is 13.9 Å². The standard InChI is InChI=1S/C21H20N2O4/c1-13-11-23(18-6-4-3-5-17(18)22-21(13)25)12-14-9-20(24)27-19-10-15(26-2)7-8-16(14)19/h3-10,13H,11-12H2,1-2H3,(H,22,25)/t13-/m0/s1. The smallest absolute Gasteiger partial charge is 0.336 e. The van der Waals surface area contributed by atoms with E-state index in [1.54, 1.807) is 13.2 Å². The fourth-order valence-electron chi connectivity index (χ4n) is 3.45. The molecule has 0 aliphatic carbocycles. The van der Waals surface area contributed by atoms with Crippen LogP contribution in [0.3, 0.4) is 0 Å². The van der Waals surface area contributed by atoms with Crippen LogP contribution in [0.4, 0.5) is 11.4 Å². The largest absolute Gasteiger partial charge is 0.497 e. The van der Waals surface area contributed by atoms with Crippen LogP contribution in [0, 0.1) is 5.92 Å². The second-order valence-corrected chi connectivity index (χ2v) is 6.74. The van der Waals surface area contributed by atoms with E-state index < -0.39 is 5.63 Å². The van der Waals surface area contributed by atoms with E-state index in [9.17, 15) is 9.59 Å². The molecular formula is C21H20N2O4. The van der Waals surface area contributed by atoms with Crippen molar-refractivity contribution >= 4 is 28.3 Å². The Balaban J connectivity index is 1.79. The topological polar surface area (TPSA) is 71.8 Å². The summed E-state index contributed by atoms with van der Waals surface area (Å²) in [6.07, 6.45) is 0. The molecular weight excluding hydrogens is 344 g/mol. The SMILES string of the molecule is COc1ccc2c(CN3C[C@H](C)C(=O)Nc4ccccc43)cc(=O)oc2c1. The molecule has 2 aromatic carbocycles. The summed E-state index contributed by atoms with van der Waals surface area (Å²) in [5.41, 5.74) is 2.64. The molecule has 6 nitrogen and oxygen atoms in total. The van der Waals surface area contributed by atoms with Crippen LogP contribution in [0.1, 0.15) is 12.5 Å². The average Bonchev–Trinajstić information content (AvgIpc) is 2.78. The molecule has 1 amide bonds. The van der Waals surface area contributed by atoms with Gasteiger partial charge in [-0.05, 0) is 29.8 Å². The summed E-state index contributed by atoms with van der Waals surface area (Å²) in [5.74, 6) is 0.447. The number of anilines is 2. The maximum atomic E-state index is 12.3. The highest BCUT2D eigenvalue weighted by Crippen LogP contribution is 2.32. The minimum atomic E-state index is -0.406. The van der Waals surface area contributed by atoms with Gasteiger partial charge in [0.25, 0.3) is 0 Å². The molecule has 1 aromatic heterocycles. The number of ether oxygens (including phenoxy) is 1. The number of rotatable bonds is 3. The number of nitrogens with zero attached hydrogens (tertiary/aromatic N) is 1. The van der Waals surface area contributed by atoms with Gasteiger partial charge in [0.1, 0.15) is 11.3 Å². The zero-order chi connectivity index (χ0) is 19.0. The Bertz CT molecular complexity index is 1070. The Labute approximate surface area is 156 Å². The Morgan fingerprint density at radius 3 is 2.81 bits per heavy atom. The minimum Gasteiger partial charge on any atom is -0.497 e. The van der Waals surface area contributed by atoms with E-state index in [1.807, 2.05) is 43.3 Å². The zero-order valence-electron chi connectivity index (χ0n) is 15.2. The molecule has 1 atom stereocenters. The summed E-state index contributed by atoms with van der Waals surface area (Å²) in [6, 6.07) is 14.7. The second-order valence-electron chi connectivity index (χ2n) is 6.74. The number of hydrogen-bond acceptors (Lipinski definition) is 5. The van der Waals surface area contributed by atoms with Crippen LogP contribution in [0.2, 0.25) is 0 Å². The predicted molar refractivity (Wildman–Crippen MR) is 104 cm³/mol. The number of nitrogens with one attached hydrogen (secondary N) is 1. The number of carbonyl (C=O) groups excluding carboxylic acids is 1. The van der Waals surface area contributed by atoms with Crippen molar-refractivity contribution in [1.82, 2.24) is 0 Å². The third-order valence-electron chi connectivity index (χ3n) is 4.84. The molecule has 0 radical (unpaired) electrons. The van der Waals surface area contributed by atoms with E-state index in [-0.39, 0.29) is 11.8 Å². The zero-order valence-corrected chi connectivity index (χ0v) is 15.2. The van der Waals surface area contributed by atoms with E-state index in [2.05, 4.69) is 10.2 Å². The fraction of sp³-hybridized carbons (Fsp3) is 0.238. The number of benzene rings is 2. The first kappa shape index (κ1) is 17.1. The van der Waals surface area contributed by atoms with Crippen molar-refractivity contribution in [1.29, 1.82) is 0 Å². The third kappa shape index (κ3) is 3.26.